The van der Waals surface area contributed by atoms with Crippen LogP contribution in [0.25, 0.3) is 0 Å². The highest BCUT2D eigenvalue weighted by Crippen LogP contribution is 2.12. The van der Waals surface area contributed by atoms with Crippen LogP contribution in [0, 0.1) is 20.8 Å². The summed E-state index contributed by atoms with van der Waals surface area (Å²) in [7, 11) is 0. The van der Waals surface area contributed by atoms with Gasteiger partial charge in [0, 0.05) is 5.56 Å². The number of hydrogen-bond donors (Lipinski definition) is 1. The number of hydrogen-bond acceptors (Lipinski definition) is 4. The van der Waals surface area contributed by atoms with Gasteiger partial charge >= 0.3 is 0 Å². The van der Waals surface area contributed by atoms with Crippen molar-refractivity contribution in [3.63, 3.8) is 0 Å². The summed E-state index contributed by atoms with van der Waals surface area (Å²) in [5.41, 5.74) is 2.19. The summed E-state index contributed by atoms with van der Waals surface area (Å²) in [5.74, 6) is 2.84. The summed E-state index contributed by atoms with van der Waals surface area (Å²) >= 11 is 0. The predicted molar refractivity (Wildman–Crippen MR) is 64.8 cm³/mol. The van der Waals surface area contributed by atoms with Gasteiger partial charge in [0.2, 0.25) is 0 Å². The van der Waals surface area contributed by atoms with Crippen LogP contribution in [0.1, 0.15) is 28.5 Å². The Morgan fingerprint density at radius 1 is 1.24 bits per heavy atom. The topological polar surface area (TPSA) is 51.2 Å². The predicted octanol–water partition coefficient (Wildman–Crippen LogP) is 2.53. The van der Waals surface area contributed by atoms with Gasteiger partial charge < -0.3 is 14.3 Å². The van der Waals surface area contributed by atoms with E-state index >= 15 is 0 Å². The molecular formula is C13H18N2O2. The highest BCUT2D eigenvalue weighted by atomic mass is 16.5. The van der Waals surface area contributed by atoms with Crippen molar-refractivity contribution in [2.45, 2.75) is 33.7 Å². The summed E-state index contributed by atoms with van der Waals surface area (Å²) in [4.78, 5) is 0. The van der Waals surface area contributed by atoms with E-state index in [1.165, 1.54) is 5.56 Å². The summed E-state index contributed by atoms with van der Waals surface area (Å²) in [6, 6.07) is 3.98. The molecule has 0 saturated carbocycles. The van der Waals surface area contributed by atoms with Crippen molar-refractivity contribution >= 4 is 0 Å². The van der Waals surface area contributed by atoms with E-state index in [2.05, 4.69) is 10.5 Å². The minimum Gasteiger partial charge on any atom is -0.465 e. The van der Waals surface area contributed by atoms with Crippen LogP contribution < -0.4 is 5.32 Å². The van der Waals surface area contributed by atoms with Gasteiger partial charge in [0.25, 0.3) is 0 Å². The van der Waals surface area contributed by atoms with E-state index in [1.807, 2.05) is 32.9 Å². The van der Waals surface area contributed by atoms with Gasteiger partial charge in [0.05, 0.1) is 12.2 Å². The van der Waals surface area contributed by atoms with Crippen LogP contribution in [0.4, 0.5) is 0 Å². The zero-order valence-corrected chi connectivity index (χ0v) is 10.5. The highest BCUT2D eigenvalue weighted by Gasteiger charge is 2.07. The largest absolute Gasteiger partial charge is 0.465 e. The number of nitrogens with zero attached hydrogens (tertiary/aromatic N) is 1. The number of aromatic nitrogens is 1. The molecule has 0 aromatic carbocycles. The maximum atomic E-state index is 5.47. The second kappa shape index (κ2) is 5.19. The Labute approximate surface area is 101 Å². The summed E-state index contributed by atoms with van der Waals surface area (Å²) in [6.07, 6.45) is 0.931. The van der Waals surface area contributed by atoms with Gasteiger partial charge in [-0.3, -0.25) is 0 Å². The molecule has 0 unspecified atom stereocenters. The minimum absolute atomic E-state index is 0.761. The Bertz CT molecular complexity index is 466. The lowest BCUT2D eigenvalue weighted by Crippen LogP contribution is -2.16. The molecule has 0 spiro atoms. The van der Waals surface area contributed by atoms with Gasteiger partial charge in [-0.25, -0.2) is 0 Å². The van der Waals surface area contributed by atoms with Crippen LogP contribution in [0.15, 0.2) is 21.1 Å². The van der Waals surface area contributed by atoms with Gasteiger partial charge in [0.15, 0.2) is 0 Å². The van der Waals surface area contributed by atoms with Crippen molar-refractivity contribution in [3.05, 3.63) is 40.7 Å². The standard InChI is InChI=1S/C13H18N2O2/c1-9-4-5-12(16-9)8-14-7-6-13-10(2)15-17-11(13)3/h4-5,14H,6-8H2,1-3H3. The lowest BCUT2D eigenvalue weighted by Gasteiger charge is -2.02. The van der Waals surface area contributed by atoms with E-state index < -0.39 is 0 Å². The minimum atomic E-state index is 0.761. The van der Waals surface area contributed by atoms with E-state index in [-0.39, 0.29) is 0 Å². The van der Waals surface area contributed by atoms with Crippen LogP contribution in [0.3, 0.4) is 0 Å². The lowest BCUT2D eigenvalue weighted by atomic mass is 10.1. The fourth-order valence-corrected chi connectivity index (χ4v) is 1.86. The monoisotopic (exact) mass is 234 g/mol. The lowest BCUT2D eigenvalue weighted by molar-refractivity contribution is 0.392. The molecule has 17 heavy (non-hydrogen) atoms. The number of aryl methyl sites for hydroxylation is 3. The van der Waals surface area contributed by atoms with Crippen LogP contribution >= 0.6 is 0 Å². The smallest absolute Gasteiger partial charge is 0.137 e. The molecule has 0 aliphatic heterocycles. The van der Waals surface area contributed by atoms with Gasteiger partial charge in [-0.05, 0) is 45.9 Å². The molecule has 0 aliphatic carbocycles. The number of nitrogens with one attached hydrogen (secondary N) is 1. The van der Waals surface area contributed by atoms with E-state index in [4.69, 9.17) is 8.94 Å². The molecule has 0 bridgehead atoms. The van der Waals surface area contributed by atoms with Crippen molar-refractivity contribution in [2.24, 2.45) is 0 Å². The van der Waals surface area contributed by atoms with E-state index in [0.29, 0.717) is 0 Å². The quantitative estimate of drug-likeness (QED) is 0.808. The maximum Gasteiger partial charge on any atom is 0.137 e. The molecule has 1 N–H and O–H groups in total. The van der Waals surface area contributed by atoms with Gasteiger partial charge in [-0.2, -0.15) is 0 Å². The fraction of sp³-hybridized carbons (Fsp3) is 0.462. The molecule has 92 valence electrons. The van der Waals surface area contributed by atoms with Crippen LogP contribution in [-0.4, -0.2) is 11.7 Å². The van der Waals surface area contributed by atoms with Crippen LogP contribution in [0.5, 0.6) is 0 Å². The SMILES string of the molecule is Cc1ccc(CNCCc2c(C)noc2C)o1. The molecule has 0 amide bonds. The molecule has 0 aliphatic rings. The normalized spacial score (nSPS) is 11.0. The molecule has 4 nitrogen and oxygen atoms in total. The Morgan fingerprint density at radius 3 is 2.65 bits per heavy atom. The Hall–Kier alpha value is -1.55. The molecule has 2 aromatic heterocycles. The van der Waals surface area contributed by atoms with E-state index in [9.17, 15) is 0 Å². The van der Waals surface area contributed by atoms with Gasteiger partial charge in [0.1, 0.15) is 17.3 Å². The van der Waals surface area contributed by atoms with Gasteiger partial charge in [-0.1, -0.05) is 5.16 Å². The van der Waals surface area contributed by atoms with E-state index in [1.54, 1.807) is 0 Å². The molecule has 0 fully saturated rings. The number of rotatable bonds is 5. The molecule has 0 atom stereocenters. The summed E-state index contributed by atoms with van der Waals surface area (Å²) in [6.45, 7) is 7.53. The zero-order valence-electron chi connectivity index (χ0n) is 10.5. The Morgan fingerprint density at radius 2 is 2.06 bits per heavy atom. The molecule has 2 heterocycles. The van der Waals surface area contributed by atoms with Gasteiger partial charge in [-0.15, -0.1) is 0 Å². The third-order valence-electron chi connectivity index (χ3n) is 2.83. The fourth-order valence-electron chi connectivity index (χ4n) is 1.86. The number of furan rings is 1. The molecule has 2 aromatic rings. The van der Waals surface area contributed by atoms with Crippen molar-refractivity contribution in [2.75, 3.05) is 6.54 Å². The van der Waals surface area contributed by atoms with E-state index in [0.717, 1.165) is 42.5 Å². The maximum absolute atomic E-state index is 5.47. The van der Waals surface area contributed by atoms with Crippen molar-refractivity contribution in [1.29, 1.82) is 0 Å². The third kappa shape index (κ3) is 2.97. The molecule has 0 radical (unpaired) electrons. The Balaban J connectivity index is 1.77. The Kier molecular flexibility index (Phi) is 3.64. The molecule has 0 saturated heterocycles. The first-order chi connectivity index (χ1) is 8.16. The second-order valence-electron chi connectivity index (χ2n) is 4.24. The molecule has 4 heteroatoms. The van der Waals surface area contributed by atoms with Crippen LogP contribution in [0.2, 0.25) is 0 Å². The van der Waals surface area contributed by atoms with Crippen molar-refractivity contribution in [1.82, 2.24) is 10.5 Å². The van der Waals surface area contributed by atoms with Crippen molar-refractivity contribution in [3.8, 4) is 0 Å². The molecule has 2 rings (SSSR count). The third-order valence-corrected chi connectivity index (χ3v) is 2.83. The first-order valence-corrected chi connectivity index (χ1v) is 5.84. The summed E-state index contributed by atoms with van der Waals surface area (Å²) in [5, 5.41) is 7.28. The second-order valence-corrected chi connectivity index (χ2v) is 4.24. The first kappa shape index (κ1) is 11.9. The summed E-state index contributed by atoms with van der Waals surface area (Å²) < 4.78 is 10.6. The average molecular weight is 234 g/mol. The van der Waals surface area contributed by atoms with Crippen molar-refractivity contribution < 1.29 is 8.94 Å². The first-order valence-electron chi connectivity index (χ1n) is 5.84. The zero-order chi connectivity index (χ0) is 12.3. The van der Waals surface area contributed by atoms with Crippen LogP contribution in [-0.2, 0) is 13.0 Å². The highest BCUT2D eigenvalue weighted by molar-refractivity contribution is 5.20. The average Bonchev–Trinajstić information content (AvgIpc) is 2.83. The molecular weight excluding hydrogens is 216 g/mol.